The van der Waals surface area contributed by atoms with E-state index in [4.69, 9.17) is 4.52 Å². The summed E-state index contributed by atoms with van der Waals surface area (Å²) in [5, 5.41) is 7.01. The Kier molecular flexibility index (Phi) is 6.40. The maximum Gasteiger partial charge on any atom is 0.220 e. The molecular formula is C17H24N6O3S. The molecular weight excluding hydrogens is 368 g/mol. The van der Waals surface area contributed by atoms with Gasteiger partial charge < -0.3 is 14.7 Å². The minimum Gasteiger partial charge on any atom is -0.364 e. The van der Waals surface area contributed by atoms with Crippen LogP contribution in [0.25, 0.3) is 0 Å². The number of aliphatic imine (C=N–C) groups is 1. The number of piperazine rings is 1. The van der Waals surface area contributed by atoms with Crippen molar-refractivity contribution < 1.29 is 12.9 Å². The van der Waals surface area contributed by atoms with E-state index in [2.05, 4.69) is 25.3 Å². The van der Waals surface area contributed by atoms with Crippen molar-refractivity contribution in [3.63, 3.8) is 0 Å². The van der Waals surface area contributed by atoms with Gasteiger partial charge in [-0.1, -0.05) is 11.2 Å². The van der Waals surface area contributed by atoms with E-state index in [1.54, 1.807) is 19.3 Å². The SMILES string of the molecule is CN=C(NCCc1ccccn1)N1CCN(S(=O)(=O)Cc2ccon2)CC1. The maximum atomic E-state index is 12.5. The quantitative estimate of drug-likeness (QED) is 0.558. The van der Waals surface area contributed by atoms with E-state index < -0.39 is 10.0 Å². The Hall–Kier alpha value is -2.46. The molecule has 3 rings (SSSR count). The molecule has 3 heterocycles. The smallest absolute Gasteiger partial charge is 0.220 e. The Morgan fingerprint density at radius 3 is 2.67 bits per heavy atom. The lowest BCUT2D eigenvalue weighted by molar-refractivity contribution is 0.260. The van der Waals surface area contributed by atoms with Crippen LogP contribution in [0.15, 0.2) is 46.2 Å². The fourth-order valence-corrected chi connectivity index (χ4v) is 4.37. The molecule has 0 aromatic carbocycles. The standard InChI is InChI=1S/C17H24N6O3S/c1-18-17(20-8-5-15-4-2-3-7-19-15)22-9-11-23(12-10-22)27(24,25)14-16-6-13-26-21-16/h2-4,6-7,13H,5,8-12,14H2,1H3,(H,18,20). The lowest BCUT2D eigenvalue weighted by Crippen LogP contribution is -2.54. The predicted octanol–water partition coefficient (Wildman–Crippen LogP) is 0.335. The van der Waals surface area contributed by atoms with Gasteiger partial charge in [-0.15, -0.1) is 0 Å². The molecule has 0 spiro atoms. The maximum absolute atomic E-state index is 12.5. The van der Waals surface area contributed by atoms with E-state index >= 15 is 0 Å². The third-order valence-electron chi connectivity index (χ3n) is 4.36. The molecule has 0 amide bonds. The molecule has 0 unspecified atom stereocenters. The summed E-state index contributed by atoms with van der Waals surface area (Å²) in [6.45, 7) is 2.72. The minimum atomic E-state index is -3.40. The van der Waals surface area contributed by atoms with Crippen LogP contribution in [0.5, 0.6) is 0 Å². The van der Waals surface area contributed by atoms with E-state index in [-0.39, 0.29) is 5.75 Å². The van der Waals surface area contributed by atoms with Gasteiger partial charge in [0.2, 0.25) is 10.0 Å². The lowest BCUT2D eigenvalue weighted by atomic mass is 10.3. The Morgan fingerprint density at radius 2 is 2.04 bits per heavy atom. The molecule has 0 atom stereocenters. The van der Waals surface area contributed by atoms with Crippen LogP contribution < -0.4 is 5.32 Å². The molecule has 2 aromatic heterocycles. The van der Waals surface area contributed by atoms with Crippen LogP contribution in [0.3, 0.4) is 0 Å². The van der Waals surface area contributed by atoms with E-state index in [1.165, 1.54) is 10.6 Å². The van der Waals surface area contributed by atoms with Gasteiger partial charge in [0.05, 0.1) is 5.69 Å². The Labute approximate surface area is 159 Å². The molecule has 1 aliphatic heterocycles. The molecule has 2 aromatic rings. The monoisotopic (exact) mass is 392 g/mol. The van der Waals surface area contributed by atoms with Crippen molar-refractivity contribution in [2.45, 2.75) is 12.2 Å². The molecule has 10 heteroatoms. The Balaban J connectivity index is 1.48. The number of pyridine rings is 1. The van der Waals surface area contributed by atoms with Crippen LogP contribution in [0.1, 0.15) is 11.4 Å². The van der Waals surface area contributed by atoms with Gasteiger partial charge in [0.15, 0.2) is 5.96 Å². The zero-order valence-electron chi connectivity index (χ0n) is 15.3. The topological polar surface area (TPSA) is 104 Å². The number of nitrogens with zero attached hydrogens (tertiary/aromatic N) is 5. The van der Waals surface area contributed by atoms with Crippen molar-refractivity contribution in [2.75, 3.05) is 39.8 Å². The third-order valence-corrected chi connectivity index (χ3v) is 6.17. The van der Waals surface area contributed by atoms with Gasteiger partial charge in [0, 0.05) is 64.1 Å². The van der Waals surface area contributed by atoms with Gasteiger partial charge in [-0.25, -0.2) is 8.42 Å². The summed E-state index contributed by atoms with van der Waals surface area (Å²) in [6, 6.07) is 7.42. The van der Waals surface area contributed by atoms with E-state index in [0.717, 1.165) is 18.1 Å². The highest BCUT2D eigenvalue weighted by molar-refractivity contribution is 7.88. The predicted molar refractivity (Wildman–Crippen MR) is 102 cm³/mol. The minimum absolute atomic E-state index is 0.138. The molecule has 0 radical (unpaired) electrons. The van der Waals surface area contributed by atoms with Crippen molar-refractivity contribution in [3.8, 4) is 0 Å². The average Bonchev–Trinajstić information content (AvgIpc) is 3.18. The number of sulfonamides is 1. The van der Waals surface area contributed by atoms with Gasteiger partial charge in [-0.3, -0.25) is 9.98 Å². The van der Waals surface area contributed by atoms with E-state index in [1.807, 2.05) is 18.2 Å². The summed E-state index contributed by atoms with van der Waals surface area (Å²) in [5.41, 5.74) is 1.44. The first-order valence-electron chi connectivity index (χ1n) is 8.81. The third kappa shape index (κ3) is 5.27. The van der Waals surface area contributed by atoms with Crippen LogP contribution in [-0.4, -0.2) is 73.5 Å². The van der Waals surface area contributed by atoms with Crippen molar-refractivity contribution in [1.29, 1.82) is 0 Å². The number of nitrogens with one attached hydrogen (secondary N) is 1. The highest BCUT2D eigenvalue weighted by Gasteiger charge is 2.28. The highest BCUT2D eigenvalue weighted by atomic mass is 32.2. The Bertz CT molecular complexity index is 831. The summed E-state index contributed by atoms with van der Waals surface area (Å²) in [6.07, 6.45) is 3.96. The van der Waals surface area contributed by atoms with Crippen LogP contribution in [0.2, 0.25) is 0 Å². The zero-order chi connectivity index (χ0) is 19.1. The summed E-state index contributed by atoms with van der Waals surface area (Å²) in [5.74, 6) is 0.639. The van der Waals surface area contributed by atoms with Crippen molar-refractivity contribution in [3.05, 3.63) is 48.1 Å². The van der Waals surface area contributed by atoms with Crippen molar-refractivity contribution >= 4 is 16.0 Å². The van der Waals surface area contributed by atoms with Crippen LogP contribution in [0, 0.1) is 0 Å². The second kappa shape index (κ2) is 8.96. The number of hydrogen-bond donors (Lipinski definition) is 1. The first kappa shape index (κ1) is 19.3. The molecule has 1 fully saturated rings. The number of aromatic nitrogens is 2. The normalized spacial score (nSPS) is 16.5. The summed E-state index contributed by atoms with van der Waals surface area (Å²) in [4.78, 5) is 10.7. The van der Waals surface area contributed by atoms with E-state index in [0.29, 0.717) is 38.4 Å². The van der Waals surface area contributed by atoms with Crippen molar-refractivity contribution in [2.24, 2.45) is 4.99 Å². The second-order valence-electron chi connectivity index (χ2n) is 6.18. The van der Waals surface area contributed by atoms with Crippen LogP contribution in [0.4, 0.5) is 0 Å². The molecule has 1 aliphatic rings. The summed E-state index contributed by atoms with van der Waals surface area (Å²) in [7, 11) is -1.67. The Morgan fingerprint density at radius 1 is 1.22 bits per heavy atom. The molecule has 0 saturated carbocycles. The van der Waals surface area contributed by atoms with Gasteiger partial charge >= 0.3 is 0 Å². The molecule has 0 bridgehead atoms. The van der Waals surface area contributed by atoms with Crippen LogP contribution in [-0.2, 0) is 22.2 Å². The van der Waals surface area contributed by atoms with Gasteiger partial charge in [-0.05, 0) is 12.1 Å². The van der Waals surface area contributed by atoms with Gasteiger partial charge in [0.1, 0.15) is 12.0 Å². The average molecular weight is 392 g/mol. The molecule has 1 N–H and O–H groups in total. The molecule has 9 nitrogen and oxygen atoms in total. The molecule has 0 aliphatic carbocycles. The lowest BCUT2D eigenvalue weighted by Gasteiger charge is -2.35. The van der Waals surface area contributed by atoms with E-state index in [9.17, 15) is 8.42 Å². The van der Waals surface area contributed by atoms with Gasteiger partial charge in [0.25, 0.3) is 0 Å². The fourth-order valence-electron chi connectivity index (χ4n) is 2.95. The van der Waals surface area contributed by atoms with Crippen molar-refractivity contribution in [1.82, 2.24) is 24.7 Å². The second-order valence-corrected chi connectivity index (χ2v) is 8.15. The number of hydrogen-bond acceptors (Lipinski definition) is 6. The first-order valence-corrected chi connectivity index (χ1v) is 10.4. The molecule has 27 heavy (non-hydrogen) atoms. The first-order chi connectivity index (χ1) is 13.1. The largest absolute Gasteiger partial charge is 0.364 e. The summed E-state index contributed by atoms with van der Waals surface area (Å²) >= 11 is 0. The number of guanidine groups is 1. The number of rotatable bonds is 6. The summed E-state index contributed by atoms with van der Waals surface area (Å²) < 4.78 is 31.2. The fraction of sp³-hybridized carbons (Fsp3) is 0.471. The molecule has 146 valence electrons. The van der Waals surface area contributed by atoms with Gasteiger partial charge in [-0.2, -0.15) is 4.31 Å². The molecule has 1 saturated heterocycles. The zero-order valence-corrected chi connectivity index (χ0v) is 16.1. The van der Waals surface area contributed by atoms with Crippen LogP contribution >= 0.6 is 0 Å². The highest BCUT2D eigenvalue weighted by Crippen LogP contribution is 2.12.